The lowest BCUT2D eigenvalue weighted by Crippen LogP contribution is -2.02. The highest BCUT2D eigenvalue weighted by Crippen LogP contribution is 2.13. The van der Waals surface area contributed by atoms with Crippen molar-refractivity contribution >= 4 is 0 Å². The minimum atomic E-state index is 0.475. The molecule has 1 atom stereocenters. The van der Waals surface area contributed by atoms with Crippen molar-refractivity contribution in [2.24, 2.45) is 11.7 Å². The highest BCUT2D eigenvalue weighted by Gasteiger charge is 2.00. The molecule has 0 bridgehead atoms. The van der Waals surface area contributed by atoms with Gasteiger partial charge in [0.05, 0.1) is 0 Å². The molecule has 0 radical (unpaired) electrons. The van der Waals surface area contributed by atoms with Crippen LogP contribution < -0.4 is 5.73 Å². The summed E-state index contributed by atoms with van der Waals surface area (Å²) >= 11 is 0. The Morgan fingerprint density at radius 3 is 2.11 bits per heavy atom. The molecule has 0 aliphatic rings. The van der Waals surface area contributed by atoms with Gasteiger partial charge in [0.25, 0.3) is 0 Å². The maximum absolute atomic E-state index is 5.40. The Balaban J connectivity index is 3.63. The SMILES string of the molecule is C=C(N)C[C@@H](C)C(=C)C. The number of hydrogen-bond donors (Lipinski definition) is 1. The van der Waals surface area contributed by atoms with E-state index in [1.807, 2.05) is 6.92 Å². The monoisotopic (exact) mass is 125 g/mol. The molecule has 0 aromatic carbocycles. The summed E-state index contributed by atoms with van der Waals surface area (Å²) in [5, 5.41) is 0. The van der Waals surface area contributed by atoms with Crippen LogP contribution in [0.2, 0.25) is 0 Å². The minimum Gasteiger partial charge on any atom is -0.402 e. The fraction of sp³-hybridized carbons (Fsp3) is 0.500. The maximum atomic E-state index is 5.40. The van der Waals surface area contributed by atoms with Crippen molar-refractivity contribution in [3.8, 4) is 0 Å². The molecule has 0 aromatic heterocycles. The fourth-order valence-electron chi connectivity index (χ4n) is 0.568. The molecular formula is C8H15N. The summed E-state index contributed by atoms with van der Waals surface area (Å²) in [6.45, 7) is 11.5. The van der Waals surface area contributed by atoms with E-state index >= 15 is 0 Å². The van der Waals surface area contributed by atoms with Crippen molar-refractivity contribution in [2.75, 3.05) is 0 Å². The third-order valence-electron chi connectivity index (χ3n) is 1.41. The van der Waals surface area contributed by atoms with Crippen LogP contribution in [0.4, 0.5) is 0 Å². The average Bonchev–Trinajstić information content (AvgIpc) is 1.63. The second-order valence-electron chi connectivity index (χ2n) is 2.61. The predicted octanol–water partition coefficient (Wildman–Crippen LogP) is 2.06. The van der Waals surface area contributed by atoms with Crippen LogP contribution in [0.15, 0.2) is 24.4 Å². The predicted molar refractivity (Wildman–Crippen MR) is 41.9 cm³/mol. The molecule has 0 unspecified atom stereocenters. The Kier molecular flexibility index (Phi) is 3.07. The quantitative estimate of drug-likeness (QED) is 0.574. The highest BCUT2D eigenvalue weighted by atomic mass is 14.6. The van der Waals surface area contributed by atoms with E-state index < -0.39 is 0 Å². The van der Waals surface area contributed by atoms with E-state index in [0.29, 0.717) is 5.92 Å². The Bertz CT molecular complexity index is 125. The second-order valence-corrected chi connectivity index (χ2v) is 2.61. The summed E-state index contributed by atoms with van der Waals surface area (Å²) in [5.74, 6) is 0.475. The van der Waals surface area contributed by atoms with Crippen molar-refractivity contribution in [2.45, 2.75) is 20.3 Å². The number of rotatable bonds is 3. The van der Waals surface area contributed by atoms with Gasteiger partial charge in [0.1, 0.15) is 0 Å². The minimum absolute atomic E-state index is 0.475. The third kappa shape index (κ3) is 3.83. The molecule has 1 nitrogen and oxygen atoms in total. The molecule has 1 heteroatoms. The largest absolute Gasteiger partial charge is 0.402 e. The van der Waals surface area contributed by atoms with E-state index in [2.05, 4.69) is 20.1 Å². The van der Waals surface area contributed by atoms with Gasteiger partial charge in [-0.3, -0.25) is 0 Å². The lowest BCUT2D eigenvalue weighted by atomic mass is 10.00. The second kappa shape index (κ2) is 3.33. The van der Waals surface area contributed by atoms with Crippen molar-refractivity contribution in [3.63, 3.8) is 0 Å². The van der Waals surface area contributed by atoms with E-state index in [0.717, 1.165) is 12.1 Å². The number of hydrogen-bond acceptors (Lipinski definition) is 1. The highest BCUT2D eigenvalue weighted by molar-refractivity contribution is 5.00. The van der Waals surface area contributed by atoms with Crippen LogP contribution in [0.3, 0.4) is 0 Å². The van der Waals surface area contributed by atoms with Crippen molar-refractivity contribution in [1.29, 1.82) is 0 Å². The first-order valence-corrected chi connectivity index (χ1v) is 3.12. The molecule has 0 heterocycles. The van der Waals surface area contributed by atoms with Crippen molar-refractivity contribution in [1.82, 2.24) is 0 Å². The van der Waals surface area contributed by atoms with Crippen LogP contribution in [-0.2, 0) is 0 Å². The summed E-state index contributed by atoms with van der Waals surface area (Å²) in [4.78, 5) is 0. The van der Waals surface area contributed by atoms with Crippen LogP contribution in [-0.4, -0.2) is 0 Å². The summed E-state index contributed by atoms with van der Waals surface area (Å²) in [7, 11) is 0. The van der Waals surface area contributed by atoms with Crippen LogP contribution in [0.25, 0.3) is 0 Å². The van der Waals surface area contributed by atoms with Crippen LogP contribution >= 0.6 is 0 Å². The standard InChI is InChI=1S/C8H15N/c1-6(2)7(3)5-8(4)9/h7H,1,4-5,9H2,2-3H3/t7-/m1/s1. The van der Waals surface area contributed by atoms with Gasteiger partial charge in [-0.05, 0) is 19.3 Å². The summed E-state index contributed by atoms with van der Waals surface area (Å²) in [6.07, 6.45) is 0.856. The summed E-state index contributed by atoms with van der Waals surface area (Å²) in [5.41, 5.74) is 7.30. The van der Waals surface area contributed by atoms with Gasteiger partial charge >= 0.3 is 0 Å². The van der Waals surface area contributed by atoms with Gasteiger partial charge < -0.3 is 5.73 Å². The Labute approximate surface area is 57.3 Å². The smallest absolute Gasteiger partial charge is 0.00133 e. The Morgan fingerprint density at radius 2 is 2.00 bits per heavy atom. The van der Waals surface area contributed by atoms with E-state index in [1.165, 1.54) is 5.57 Å². The van der Waals surface area contributed by atoms with Gasteiger partial charge in [0.15, 0.2) is 0 Å². The Hall–Kier alpha value is -0.720. The topological polar surface area (TPSA) is 26.0 Å². The molecule has 0 aliphatic carbocycles. The normalized spacial score (nSPS) is 12.7. The molecule has 52 valence electrons. The molecule has 0 amide bonds. The van der Waals surface area contributed by atoms with E-state index in [1.54, 1.807) is 0 Å². The first kappa shape index (κ1) is 8.28. The zero-order valence-electron chi connectivity index (χ0n) is 6.28. The van der Waals surface area contributed by atoms with Gasteiger partial charge in [-0.15, -0.1) is 0 Å². The van der Waals surface area contributed by atoms with Crippen LogP contribution in [0.5, 0.6) is 0 Å². The van der Waals surface area contributed by atoms with E-state index in [4.69, 9.17) is 5.73 Å². The molecule has 0 saturated heterocycles. The molecule has 0 aromatic rings. The maximum Gasteiger partial charge on any atom is 0.00133 e. The van der Waals surface area contributed by atoms with Crippen LogP contribution in [0.1, 0.15) is 20.3 Å². The first-order valence-electron chi connectivity index (χ1n) is 3.12. The molecular weight excluding hydrogens is 110 g/mol. The molecule has 0 aliphatic heterocycles. The van der Waals surface area contributed by atoms with E-state index in [9.17, 15) is 0 Å². The molecule has 0 saturated carbocycles. The third-order valence-corrected chi connectivity index (χ3v) is 1.41. The molecule has 9 heavy (non-hydrogen) atoms. The molecule has 0 rings (SSSR count). The zero-order valence-corrected chi connectivity index (χ0v) is 6.28. The first-order chi connectivity index (χ1) is 4.04. The van der Waals surface area contributed by atoms with Crippen LogP contribution in [0, 0.1) is 5.92 Å². The van der Waals surface area contributed by atoms with Crippen molar-refractivity contribution in [3.05, 3.63) is 24.4 Å². The van der Waals surface area contributed by atoms with E-state index in [-0.39, 0.29) is 0 Å². The average molecular weight is 125 g/mol. The van der Waals surface area contributed by atoms with Crippen molar-refractivity contribution < 1.29 is 0 Å². The molecule has 0 spiro atoms. The van der Waals surface area contributed by atoms with Gasteiger partial charge in [-0.25, -0.2) is 0 Å². The molecule has 2 N–H and O–H groups in total. The summed E-state index contributed by atoms with van der Waals surface area (Å²) in [6, 6.07) is 0. The molecule has 0 fully saturated rings. The number of allylic oxidation sites excluding steroid dienone is 2. The van der Waals surface area contributed by atoms with Gasteiger partial charge in [0, 0.05) is 5.70 Å². The van der Waals surface area contributed by atoms with Gasteiger partial charge in [-0.2, -0.15) is 0 Å². The van der Waals surface area contributed by atoms with Gasteiger partial charge in [-0.1, -0.05) is 25.7 Å². The lowest BCUT2D eigenvalue weighted by molar-refractivity contribution is 0.672. The fourth-order valence-corrected chi connectivity index (χ4v) is 0.568. The lowest BCUT2D eigenvalue weighted by Gasteiger charge is -2.08. The summed E-state index contributed by atoms with van der Waals surface area (Å²) < 4.78 is 0. The zero-order chi connectivity index (χ0) is 7.44. The Morgan fingerprint density at radius 1 is 1.56 bits per heavy atom. The number of nitrogens with two attached hydrogens (primary N) is 1. The van der Waals surface area contributed by atoms with Gasteiger partial charge in [0.2, 0.25) is 0 Å².